The minimum absolute atomic E-state index is 0.153. The highest BCUT2D eigenvalue weighted by Crippen LogP contribution is 2.34. The summed E-state index contributed by atoms with van der Waals surface area (Å²) in [5.41, 5.74) is 1.81. The molecule has 0 unspecified atom stereocenters. The largest absolute Gasteiger partial charge is 0.376 e. The average molecular weight is 460 g/mol. The highest BCUT2D eigenvalue weighted by Gasteiger charge is 2.50. The topological polar surface area (TPSA) is 80.6 Å². The molecule has 2 aliphatic rings. The quantitative estimate of drug-likeness (QED) is 0.445. The van der Waals surface area contributed by atoms with E-state index in [1.807, 2.05) is 62.4 Å². The second-order valence-electron chi connectivity index (χ2n) is 9.43. The first-order valence-corrected chi connectivity index (χ1v) is 11.7. The second kappa shape index (κ2) is 8.40. The van der Waals surface area contributed by atoms with Crippen molar-refractivity contribution in [2.24, 2.45) is 0 Å². The molecule has 3 amide bonds. The van der Waals surface area contributed by atoms with E-state index in [2.05, 4.69) is 9.88 Å². The van der Waals surface area contributed by atoms with E-state index < -0.39 is 17.5 Å². The molecule has 7 nitrogen and oxygen atoms in total. The maximum absolute atomic E-state index is 13.5. The Hall–Kier alpha value is -3.45. The van der Waals surface area contributed by atoms with Crippen LogP contribution in [-0.4, -0.2) is 46.4 Å². The fourth-order valence-corrected chi connectivity index (χ4v) is 5.27. The van der Waals surface area contributed by atoms with Crippen LogP contribution in [0.3, 0.4) is 0 Å². The average Bonchev–Trinajstić information content (AvgIpc) is 3.50. The molecular formula is C27H29N3O4. The number of hydrogen-bond acceptors (Lipinski definition) is 4. The van der Waals surface area contributed by atoms with Crippen LogP contribution in [0.5, 0.6) is 0 Å². The summed E-state index contributed by atoms with van der Waals surface area (Å²) in [4.78, 5) is 40.7. The highest BCUT2D eigenvalue weighted by atomic mass is 16.5. The minimum atomic E-state index is -1.24. The van der Waals surface area contributed by atoms with E-state index in [1.54, 1.807) is 6.92 Å². The maximum Gasteiger partial charge on any atom is 0.325 e. The molecule has 1 N–H and O–H groups in total. The third-order valence-corrected chi connectivity index (χ3v) is 7.19. The van der Waals surface area contributed by atoms with Gasteiger partial charge in [-0.15, -0.1) is 0 Å². The van der Waals surface area contributed by atoms with Crippen LogP contribution in [0.15, 0.2) is 48.5 Å². The summed E-state index contributed by atoms with van der Waals surface area (Å²) in [6.07, 6.45) is 2.22. The van der Waals surface area contributed by atoms with Crippen molar-refractivity contribution >= 4 is 28.5 Å². The van der Waals surface area contributed by atoms with Crippen molar-refractivity contribution in [3.8, 4) is 0 Å². The molecule has 2 fully saturated rings. The maximum atomic E-state index is 13.5. The number of aryl methyl sites for hydroxylation is 1. The Morgan fingerprint density at radius 1 is 1.15 bits per heavy atom. The zero-order valence-electron chi connectivity index (χ0n) is 19.8. The highest BCUT2D eigenvalue weighted by molar-refractivity contribution is 6.12. The van der Waals surface area contributed by atoms with Crippen LogP contribution in [0.4, 0.5) is 4.79 Å². The summed E-state index contributed by atoms with van der Waals surface area (Å²) in [6, 6.07) is 14.7. The van der Waals surface area contributed by atoms with Gasteiger partial charge in [0.2, 0.25) is 0 Å². The molecule has 0 radical (unpaired) electrons. The van der Waals surface area contributed by atoms with E-state index in [4.69, 9.17) is 4.74 Å². The number of fused-ring (bicyclic) bond motifs is 1. The number of carbonyl (C=O) groups is 3. The number of aromatic nitrogens is 1. The van der Waals surface area contributed by atoms with Crippen LogP contribution in [0.2, 0.25) is 0 Å². The second-order valence-corrected chi connectivity index (χ2v) is 9.43. The van der Waals surface area contributed by atoms with E-state index in [0.717, 1.165) is 46.5 Å². The van der Waals surface area contributed by atoms with Crippen molar-refractivity contribution < 1.29 is 19.1 Å². The summed E-state index contributed by atoms with van der Waals surface area (Å²) in [5, 5.41) is 4.72. The molecule has 0 spiro atoms. The van der Waals surface area contributed by atoms with Crippen LogP contribution in [0.1, 0.15) is 47.1 Å². The molecule has 2 aromatic carbocycles. The van der Waals surface area contributed by atoms with Gasteiger partial charge in [0.15, 0.2) is 5.78 Å². The van der Waals surface area contributed by atoms with E-state index in [-0.39, 0.29) is 18.4 Å². The predicted octanol–water partition coefficient (Wildman–Crippen LogP) is 4.09. The summed E-state index contributed by atoms with van der Waals surface area (Å²) in [7, 11) is 0. The van der Waals surface area contributed by atoms with Gasteiger partial charge in [-0.2, -0.15) is 0 Å². The number of ether oxygens (including phenoxy) is 1. The molecule has 0 bridgehead atoms. The van der Waals surface area contributed by atoms with Crippen molar-refractivity contribution in [1.82, 2.24) is 14.8 Å². The third kappa shape index (κ3) is 3.60. The number of imide groups is 1. The Morgan fingerprint density at radius 2 is 1.91 bits per heavy atom. The van der Waals surface area contributed by atoms with Crippen LogP contribution in [0, 0.1) is 13.8 Å². The SMILES string of the molecule is Cc1cc(C(=O)CN2C(=O)N[C@](C)(c3cccc4ccccc34)C2=O)c(C)n1C[C@@H]1CCCO1. The number of Topliss-reactive ketones (excluding diaryl/α,β-unsaturated/α-hetero) is 1. The molecule has 3 heterocycles. The molecule has 34 heavy (non-hydrogen) atoms. The molecule has 3 aromatic rings. The lowest BCUT2D eigenvalue weighted by molar-refractivity contribution is -0.130. The van der Waals surface area contributed by atoms with Crippen LogP contribution in [-0.2, 0) is 21.6 Å². The lowest BCUT2D eigenvalue weighted by Crippen LogP contribution is -2.41. The number of urea groups is 1. The summed E-state index contributed by atoms with van der Waals surface area (Å²) in [6.45, 7) is 6.75. The molecule has 176 valence electrons. The normalized spacial score (nSPS) is 22.6. The third-order valence-electron chi connectivity index (χ3n) is 7.19. The number of nitrogens with zero attached hydrogens (tertiary/aromatic N) is 2. The Kier molecular flexibility index (Phi) is 5.52. The number of amides is 3. The van der Waals surface area contributed by atoms with Crippen LogP contribution < -0.4 is 5.32 Å². The van der Waals surface area contributed by atoms with Gasteiger partial charge in [0, 0.05) is 30.1 Å². The number of benzene rings is 2. The summed E-state index contributed by atoms with van der Waals surface area (Å²) < 4.78 is 7.85. The Balaban J connectivity index is 1.40. The van der Waals surface area contributed by atoms with Gasteiger partial charge in [0.1, 0.15) is 5.54 Å². The van der Waals surface area contributed by atoms with Crippen molar-refractivity contribution in [3.63, 3.8) is 0 Å². The monoisotopic (exact) mass is 459 g/mol. The zero-order chi connectivity index (χ0) is 24.0. The van der Waals surface area contributed by atoms with E-state index in [9.17, 15) is 14.4 Å². The Bertz CT molecular complexity index is 1300. The van der Waals surface area contributed by atoms with Crippen LogP contribution >= 0.6 is 0 Å². The van der Waals surface area contributed by atoms with E-state index >= 15 is 0 Å². The number of rotatable bonds is 6. The van der Waals surface area contributed by atoms with Gasteiger partial charge >= 0.3 is 6.03 Å². The van der Waals surface area contributed by atoms with Crippen molar-refractivity contribution in [2.75, 3.05) is 13.2 Å². The van der Waals surface area contributed by atoms with Gasteiger partial charge in [-0.1, -0.05) is 42.5 Å². The lowest BCUT2D eigenvalue weighted by atomic mass is 9.88. The lowest BCUT2D eigenvalue weighted by Gasteiger charge is -2.24. The van der Waals surface area contributed by atoms with Crippen molar-refractivity contribution in [1.29, 1.82) is 0 Å². The van der Waals surface area contributed by atoms with Crippen molar-refractivity contribution in [2.45, 2.75) is 51.8 Å². The van der Waals surface area contributed by atoms with Gasteiger partial charge in [0.05, 0.1) is 12.6 Å². The zero-order valence-corrected chi connectivity index (χ0v) is 19.8. The predicted molar refractivity (Wildman–Crippen MR) is 129 cm³/mol. The van der Waals surface area contributed by atoms with Gasteiger partial charge in [-0.05, 0) is 56.0 Å². The fourth-order valence-electron chi connectivity index (χ4n) is 5.27. The van der Waals surface area contributed by atoms with E-state index in [1.165, 1.54) is 0 Å². The first-order valence-electron chi connectivity index (χ1n) is 11.7. The molecular weight excluding hydrogens is 430 g/mol. The Labute approximate surface area is 198 Å². The van der Waals surface area contributed by atoms with Gasteiger partial charge in [-0.25, -0.2) is 4.79 Å². The number of nitrogens with one attached hydrogen (secondary N) is 1. The minimum Gasteiger partial charge on any atom is -0.376 e. The molecule has 7 heteroatoms. The Morgan fingerprint density at radius 3 is 2.68 bits per heavy atom. The van der Waals surface area contributed by atoms with Gasteiger partial charge in [0.25, 0.3) is 5.91 Å². The first kappa shape index (κ1) is 22.3. The number of carbonyl (C=O) groups excluding carboxylic acids is 3. The number of ketones is 1. The first-order chi connectivity index (χ1) is 16.3. The molecule has 0 aliphatic carbocycles. The van der Waals surface area contributed by atoms with Crippen LogP contribution in [0.25, 0.3) is 10.8 Å². The smallest absolute Gasteiger partial charge is 0.325 e. The fraction of sp³-hybridized carbons (Fsp3) is 0.370. The van der Waals surface area contributed by atoms with Gasteiger partial charge in [-0.3, -0.25) is 14.5 Å². The molecule has 5 rings (SSSR count). The molecule has 1 aromatic heterocycles. The molecule has 2 saturated heterocycles. The molecule has 2 aliphatic heterocycles. The molecule has 0 saturated carbocycles. The number of hydrogen-bond donors (Lipinski definition) is 1. The molecule has 2 atom stereocenters. The summed E-state index contributed by atoms with van der Waals surface area (Å²) in [5.74, 6) is -0.673. The van der Waals surface area contributed by atoms with Crippen molar-refractivity contribution in [3.05, 3.63) is 71.0 Å². The van der Waals surface area contributed by atoms with E-state index in [0.29, 0.717) is 17.7 Å². The van der Waals surface area contributed by atoms with Gasteiger partial charge < -0.3 is 14.6 Å². The summed E-state index contributed by atoms with van der Waals surface area (Å²) >= 11 is 0. The standard InChI is InChI=1S/C27H29N3O4/c1-17-14-22(18(2)29(17)15-20-10-7-13-34-20)24(31)16-30-25(32)27(3,28-26(30)33)23-12-6-9-19-8-4-5-11-21(19)23/h4-6,8-9,11-12,14,20H,7,10,13,15-16H2,1-3H3,(H,28,33)/t20-,27+/m0/s1.